The molecule has 1 unspecified atom stereocenters. The second-order valence-electron chi connectivity index (χ2n) is 4.91. The summed E-state index contributed by atoms with van der Waals surface area (Å²) >= 11 is 0. The van der Waals surface area contributed by atoms with Gasteiger partial charge in [0.2, 0.25) is 0 Å². The van der Waals surface area contributed by atoms with Crippen molar-refractivity contribution in [3.63, 3.8) is 0 Å². The van der Waals surface area contributed by atoms with E-state index in [2.05, 4.69) is 24.3 Å². The normalized spacial score (nSPS) is 17.4. The molecule has 4 nitrogen and oxygen atoms in total. The highest BCUT2D eigenvalue weighted by molar-refractivity contribution is 5.65. The van der Waals surface area contributed by atoms with Crippen LogP contribution < -0.4 is 11.1 Å². The minimum Gasteiger partial charge on any atom is -0.394 e. The molecule has 0 spiro atoms. The van der Waals surface area contributed by atoms with Gasteiger partial charge in [0.1, 0.15) is 5.82 Å². The molecule has 0 aliphatic heterocycles. The summed E-state index contributed by atoms with van der Waals surface area (Å²) in [6, 6.07) is 0.481. The molecule has 1 aromatic rings. The van der Waals surface area contributed by atoms with Gasteiger partial charge < -0.3 is 11.1 Å². The molecule has 1 fully saturated rings. The Hall–Kier alpha value is -1.19. The minimum atomic E-state index is 0.481. The Morgan fingerprint density at radius 3 is 2.75 bits per heavy atom. The van der Waals surface area contributed by atoms with Gasteiger partial charge in [0.25, 0.3) is 0 Å². The molecule has 4 heteroatoms. The van der Waals surface area contributed by atoms with Crippen LogP contribution in [0.25, 0.3) is 0 Å². The number of nitrogens with one attached hydrogen (secondary N) is 1. The van der Waals surface area contributed by atoms with Gasteiger partial charge in [-0.25, -0.2) is 0 Å². The van der Waals surface area contributed by atoms with Crippen LogP contribution in [-0.2, 0) is 13.5 Å². The van der Waals surface area contributed by atoms with Crippen molar-refractivity contribution in [2.45, 2.75) is 45.6 Å². The van der Waals surface area contributed by atoms with E-state index in [1.807, 2.05) is 11.7 Å². The molecule has 1 aliphatic carbocycles. The van der Waals surface area contributed by atoms with Crippen molar-refractivity contribution in [2.24, 2.45) is 13.0 Å². The Balaban J connectivity index is 2.04. The average Bonchev–Trinajstić information content (AvgIpc) is 3.00. The third kappa shape index (κ3) is 2.31. The van der Waals surface area contributed by atoms with Crippen molar-refractivity contribution >= 4 is 11.5 Å². The molecule has 1 aliphatic rings. The molecule has 1 aromatic heterocycles. The first kappa shape index (κ1) is 11.3. The van der Waals surface area contributed by atoms with Gasteiger partial charge in [-0.15, -0.1) is 0 Å². The van der Waals surface area contributed by atoms with E-state index < -0.39 is 0 Å². The molecule has 0 saturated heterocycles. The fourth-order valence-corrected chi connectivity index (χ4v) is 2.17. The predicted octanol–water partition coefficient (Wildman–Crippen LogP) is 2.17. The fraction of sp³-hybridized carbons (Fsp3) is 0.750. The smallest absolute Gasteiger partial charge is 0.147 e. The molecule has 3 N–H and O–H groups in total. The van der Waals surface area contributed by atoms with E-state index in [-0.39, 0.29) is 0 Å². The summed E-state index contributed by atoms with van der Waals surface area (Å²) in [6.45, 7) is 4.30. The molecule has 0 radical (unpaired) electrons. The largest absolute Gasteiger partial charge is 0.394 e. The summed E-state index contributed by atoms with van der Waals surface area (Å²) in [5.74, 6) is 1.91. The zero-order valence-corrected chi connectivity index (χ0v) is 10.5. The molecule has 1 atom stereocenters. The van der Waals surface area contributed by atoms with Crippen LogP contribution in [0.4, 0.5) is 11.5 Å². The number of hydrogen-bond acceptors (Lipinski definition) is 3. The third-order valence-electron chi connectivity index (χ3n) is 3.26. The van der Waals surface area contributed by atoms with Crippen molar-refractivity contribution in [2.75, 3.05) is 11.1 Å². The number of rotatable bonds is 5. The maximum absolute atomic E-state index is 6.06. The van der Waals surface area contributed by atoms with Crippen LogP contribution in [0.3, 0.4) is 0 Å². The topological polar surface area (TPSA) is 55.9 Å². The second-order valence-corrected chi connectivity index (χ2v) is 4.91. The highest BCUT2D eigenvalue weighted by Gasteiger charge is 2.24. The molecule has 2 rings (SSSR count). The molecule has 1 heterocycles. The molecule has 0 amide bonds. The molecule has 16 heavy (non-hydrogen) atoms. The van der Waals surface area contributed by atoms with Gasteiger partial charge in [0, 0.05) is 13.1 Å². The number of nitrogens with two attached hydrogens (primary N) is 1. The predicted molar refractivity (Wildman–Crippen MR) is 67.4 cm³/mol. The fourth-order valence-electron chi connectivity index (χ4n) is 2.17. The zero-order chi connectivity index (χ0) is 11.7. The van der Waals surface area contributed by atoms with E-state index in [4.69, 9.17) is 5.73 Å². The SMILES string of the molecule is CCc1nn(C)c(NC(C)CC2CC2)c1N. The first-order valence-electron chi connectivity index (χ1n) is 6.19. The van der Waals surface area contributed by atoms with Crippen molar-refractivity contribution in [3.8, 4) is 0 Å². The van der Waals surface area contributed by atoms with E-state index in [0.717, 1.165) is 29.5 Å². The van der Waals surface area contributed by atoms with Crippen LogP contribution in [0.5, 0.6) is 0 Å². The summed E-state index contributed by atoms with van der Waals surface area (Å²) in [5.41, 5.74) is 7.87. The third-order valence-corrected chi connectivity index (χ3v) is 3.26. The van der Waals surface area contributed by atoms with Crippen molar-refractivity contribution in [1.82, 2.24) is 9.78 Å². The van der Waals surface area contributed by atoms with E-state index in [1.54, 1.807) is 0 Å². The standard InChI is InChI=1S/C12H22N4/c1-4-10-11(13)12(16(3)15-10)14-8(2)7-9-5-6-9/h8-9,14H,4-7,13H2,1-3H3. The summed E-state index contributed by atoms with van der Waals surface area (Å²) in [7, 11) is 1.95. The number of hydrogen-bond donors (Lipinski definition) is 2. The lowest BCUT2D eigenvalue weighted by Gasteiger charge is -2.15. The Morgan fingerprint density at radius 2 is 2.25 bits per heavy atom. The van der Waals surface area contributed by atoms with Crippen LogP contribution in [0.1, 0.15) is 38.8 Å². The minimum absolute atomic E-state index is 0.481. The molecular formula is C12H22N4. The molecule has 1 saturated carbocycles. The highest BCUT2D eigenvalue weighted by atomic mass is 15.3. The van der Waals surface area contributed by atoms with Crippen LogP contribution in [-0.4, -0.2) is 15.8 Å². The lowest BCUT2D eigenvalue weighted by molar-refractivity contribution is 0.631. The molecular weight excluding hydrogens is 200 g/mol. The summed E-state index contributed by atoms with van der Waals surface area (Å²) < 4.78 is 1.86. The van der Waals surface area contributed by atoms with Crippen LogP contribution in [0.15, 0.2) is 0 Å². The number of nitrogen functional groups attached to an aromatic ring is 1. The van der Waals surface area contributed by atoms with E-state index in [9.17, 15) is 0 Å². The second kappa shape index (κ2) is 4.36. The van der Waals surface area contributed by atoms with E-state index in [1.165, 1.54) is 19.3 Å². The van der Waals surface area contributed by atoms with Crippen LogP contribution in [0.2, 0.25) is 0 Å². The summed E-state index contributed by atoms with van der Waals surface area (Å²) in [4.78, 5) is 0. The number of aryl methyl sites for hydroxylation is 2. The van der Waals surface area contributed by atoms with Gasteiger partial charge in [-0.2, -0.15) is 5.10 Å². The van der Waals surface area contributed by atoms with Gasteiger partial charge in [0.05, 0.1) is 11.4 Å². The van der Waals surface area contributed by atoms with Crippen molar-refractivity contribution < 1.29 is 0 Å². The van der Waals surface area contributed by atoms with Gasteiger partial charge in [0.15, 0.2) is 0 Å². The van der Waals surface area contributed by atoms with E-state index in [0.29, 0.717) is 6.04 Å². The Morgan fingerprint density at radius 1 is 1.56 bits per heavy atom. The van der Waals surface area contributed by atoms with Gasteiger partial charge >= 0.3 is 0 Å². The molecule has 0 aromatic carbocycles. The van der Waals surface area contributed by atoms with Crippen LogP contribution in [0, 0.1) is 5.92 Å². The Kier molecular flexibility index (Phi) is 3.08. The average molecular weight is 222 g/mol. The maximum atomic E-state index is 6.06. The van der Waals surface area contributed by atoms with Gasteiger partial charge in [-0.3, -0.25) is 4.68 Å². The highest BCUT2D eigenvalue weighted by Crippen LogP contribution is 2.34. The summed E-state index contributed by atoms with van der Waals surface area (Å²) in [5, 5.41) is 7.89. The zero-order valence-electron chi connectivity index (χ0n) is 10.5. The monoisotopic (exact) mass is 222 g/mol. The Labute approximate surface area is 97.2 Å². The number of aromatic nitrogens is 2. The lowest BCUT2D eigenvalue weighted by Crippen LogP contribution is -2.18. The number of nitrogens with zero attached hydrogens (tertiary/aromatic N) is 2. The Bertz CT molecular complexity index is 365. The van der Waals surface area contributed by atoms with Gasteiger partial charge in [-0.1, -0.05) is 19.8 Å². The first-order valence-corrected chi connectivity index (χ1v) is 6.19. The molecule has 0 bridgehead atoms. The van der Waals surface area contributed by atoms with Crippen LogP contribution >= 0.6 is 0 Å². The van der Waals surface area contributed by atoms with Gasteiger partial charge in [-0.05, 0) is 25.7 Å². The van der Waals surface area contributed by atoms with Crippen molar-refractivity contribution in [3.05, 3.63) is 5.69 Å². The molecule has 90 valence electrons. The summed E-state index contributed by atoms with van der Waals surface area (Å²) in [6.07, 6.45) is 4.92. The maximum Gasteiger partial charge on any atom is 0.147 e. The van der Waals surface area contributed by atoms with E-state index >= 15 is 0 Å². The van der Waals surface area contributed by atoms with Crippen molar-refractivity contribution in [1.29, 1.82) is 0 Å². The lowest BCUT2D eigenvalue weighted by atomic mass is 10.1. The first-order chi connectivity index (χ1) is 7.61. The quantitative estimate of drug-likeness (QED) is 0.802. The number of anilines is 2.